The molecule has 1 saturated heterocycles. The Hall–Kier alpha value is -1.09. The van der Waals surface area contributed by atoms with E-state index in [0.717, 1.165) is 11.8 Å². The number of aromatic amines is 1. The highest BCUT2D eigenvalue weighted by atomic mass is 32.2. The van der Waals surface area contributed by atoms with Crippen molar-refractivity contribution in [1.29, 1.82) is 0 Å². The number of H-pyrrole nitrogens is 1. The van der Waals surface area contributed by atoms with Crippen molar-refractivity contribution in [2.45, 2.75) is 29.8 Å². The van der Waals surface area contributed by atoms with E-state index in [2.05, 4.69) is 4.98 Å². The molecule has 7 nitrogen and oxygen atoms in total. The number of aromatic nitrogens is 2. The van der Waals surface area contributed by atoms with E-state index in [1.165, 1.54) is 10.8 Å². The van der Waals surface area contributed by atoms with Crippen LogP contribution in [0.4, 0.5) is 0 Å². The Bertz CT molecular complexity index is 554. The van der Waals surface area contributed by atoms with Crippen LogP contribution in [0.2, 0.25) is 0 Å². The Morgan fingerprint density at radius 3 is 2.61 bits per heavy atom. The number of nitrogens with one attached hydrogen (secondary N) is 1. The smallest absolute Gasteiger partial charge is 0.329 e. The Kier molecular flexibility index (Phi) is 3.62. The van der Waals surface area contributed by atoms with Crippen molar-refractivity contribution < 1.29 is 15.3 Å². The SMILES string of the molecule is Cc1cn(C2S[C@@H](CO)[C@H](O)[C@H]2O)c(=O)[nH]c1=O. The van der Waals surface area contributed by atoms with Crippen molar-refractivity contribution in [2.75, 3.05) is 6.61 Å². The molecule has 100 valence electrons. The molecule has 2 heterocycles. The molecular weight excluding hydrogens is 260 g/mol. The fraction of sp³-hybridized carbons (Fsp3) is 0.600. The quantitative estimate of drug-likeness (QED) is 0.504. The molecule has 1 fully saturated rings. The second-order valence-corrected chi connectivity index (χ2v) is 5.57. The number of rotatable bonds is 2. The topological polar surface area (TPSA) is 116 Å². The molecule has 4 N–H and O–H groups in total. The first-order valence-corrected chi connectivity index (χ1v) is 6.34. The molecule has 0 saturated carbocycles. The highest BCUT2D eigenvalue weighted by molar-refractivity contribution is 8.00. The minimum absolute atomic E-state index is 0.295. The van der Waals surface area contributed by atoms with E-state index < -0.39 is 34.1 Å². The van der Waals surface area contributed by atoms with Gasteiger partial charge in [0.1, 0.15) is 11.5 Å². The maximum atomic E-state index is 11.7. The van der Waals surface area contributed by atoms with Crippen LogP contribution in [0.15, 0.2) is 15.8 Å². The maximum absolute atomic E-state index is 11.7. The van der Waals surface area contributed by atoms with Crippen LogP contribution in [0, 0.1) is 6.92 Å². The fourth-order valence-electron chi connectivity index (χ4n) is 1.88. The van der Waals surface area contributed by atoms with E-state index in [9.17, 15) is 19.8 Å². The molecule has 2 rings (SSSR count). The minimum Gasteiger partial charge on any atom is -0.395 e. The van der Waals surface area contributed by atoms with Gasteiger partial charge in [-0.1, -0.05) is 0 Å². The highest BCUT2D eigenvalue weighted by Gasteiger charge is 2.43. The third-order valence-electron chi connectivity index (χ3n) is 2.94. The Morgan fingerprint density at radius 2 is 2.06 bits per heavy atom. The zero-order valence-corrected chi connectivity index (χ0v) is 10.4. The third kappa shape index (κ3) is 2.12. The van der Waals surface area contributed by atoms with Crippen molar-refractivity contribution in [3.63, 3.8) is 0 Å². The third-order valence-corrected chi connectivity index (χ3v) is 4.50. The molecule has 1 aromatic rings. The summed E-state index contributed by atoms with van der Waals surface area (Å²) in [6.45, 7) is 1.25. The van der Waals surface area contributed by atoms with Gasteiger partial charge >= 0.3 is 5.69 Å². The van der Waals surface area contributed by atoms with Crippen LogP contribution >= 0.6 is 11.8 Å². The number of nitrogens with zero attached hydrogens (tertiary/aromatic N) is 1. The summed E-state index contributed by atoms with van der Waals surface area (Å²) in [5, 5.41) is 27.3. The second kappa shape index (κ2) is 4.88. The van der Waals surface area contributed by atoms with Crippen molar-refractivity contribution in [2.24, 2.45) is 0 Å². The lowest BCUT2D eigenvalue weighted by atomic mass is 10.1. The van der Waals surface area contributed by atoms with Crippen molar-refractivity contribution in [1.82, 2.24) is 9.55 Å². The molecule has 4 atom stereocenters. The van der Waals surface area contributed by atoms with E-state index in [1.807, 2.05) is 0 Å². The van der Waals surface area contributed by atoms with Gasteiger partial charge in [0.2, 0.25) is 0 Å². The standard InChI is InChI=1S/C10H14N2O5S/c1-4-2-12(10(17)11-8(4)16)9-7(15)6(14)5(3-13)18-9/h2,5-7,9,13-15H,3H2,1H3,(H,11,16,17)/t5-,6-,7+,9?/m0/s1. The summed E-state index contributed by atoms with van der Waals surface area (Å²) in [7, 11) is 0. The summed E-state index contributed by atoms with van der Waals surface area (Å²) in [6.07, 6.45) is -0.937. The monoisotopic (exact) mass is 274 g/mol. The molecule has 0 aromatic carbocycles. The molecule has 0 radical (unpaired) electrons. The molecule has 0 spiro atoms. The molecule has 0 amide bonds. The first kappa shape index (κ1) is 13.3. The van der Waals surface area contributed by atoms with E-state index in [-0.39, 0.29) is 6.61 Å². The number of hydrogen-bond donors (Lipinski definition) is 4. The fourth-order valence-corrected chi connectivity index (χ4v) is 3.26. The lowest BCUT2D eigenvalue weighted by Gasteiger charge is -2.17. The average molecular weight is 274 g/mol. The molecule has 0 aliphatic carbocycles. The van der Waals surface area contributed by atoms with Crippen molar-refractivity contribution in [3.8, 4) is 0 Å². The number of aliphatic hydroxyl groups excluding tert-OH is 3. The van der Waals surface area contributed by atoms with Crippen LogP contribution in [0.1, 0.15) is 10.9 Å². The van der Waals surface area contributed by atoms with Gasteiger partial charge in [-0.2, -0.15) is 0 Å². The summed E-state index contributed by atoms with van der Waals surface area (Å²) in [5.74, 6) is 0. The van der Waals surface area contributed by atoms with Gasteiger partial charge in [0.05, 0.1) is 18.0 Å². The van der Waals surface area contributed by atoms with Gasteiger partial charge in [-0.15, -0.1) is 11.8 Å². The molecular formula is C10H14N2O5S. The van der Waals surface area contributed by atoms with Crippen molar-refractivity contribution in [3.05, 3.63) is 32.6 Å². The number of aryl methyl sites for hydroxylation is 1. The first-order chi connectivity index (χ1) is 8.45. The van der Waals surface area contributed by atoms with Gasteiger partial charge in [0, 0.05) is 11.8 Å². The number of thioether (sulfide) groups is 1. The molecule has 1 unspecified atom stereocenters. The molecule has 1 aromatic heterocycles. The van der Waals surface area contributed by atoms with Crippen LogP contribution in [0.25, 0.3) is 0 Å². The molecule has 1 aliphatic rings. The lowest BCUT2D eigenvalue weighted by Crippen LogP contribution is -2.38. The van der Waals surface area contributed by atoms with Crippen molar-refractivity contribution >= 4 is 11.8 Å². The summed E-state index contributed by atoms with van der Waals surface area (Å²) in [5.41, 5.74) is -0.787. The van der Waals surface area contributed by atoms with E-state index in [0.29, 0.717) is 5.56 Å². The van der Waals surface area contributed by atoms with E-state index in [1.54, 1.807) is 6.92 Å². The van der Waals surface area contributed by atoms with Crippen LogP contribution < -0.4 is 11.2 Å². The number of aliphatic hydroxyl groups is 3. The highest BCUT2D eigenvalue weighted by Crippen LogP contribution is 2.40. The largest absolute Gasteiger partial charge is 0.395 e. The van der Waals surface area contributed by atoms with Gasteiger partial charge in [-0.3, -0.25) is 14.3 Å². The summed E-state index contributed by atoms with van der Waals surface area (Å²) < 4.78 is 1.17. The summed E-state index contributed by atoms with van der Waals surface area (Å²) in [4.78, 5) is 25.0. The van der Waals surface area contributed by atoms with Crippen LogP contribution in [-0.2, 0) is 0 Å². The zero-order chi connectivity index (χ0) is 13.4. The predicted octanol–water partition coefficient (Wildman–Crippen LogP) is -1.83. The number of hydrogen-bond acceptors (Lipinski definition) is 6. The Labute approximate surface area is 106 Å². The minimum atomic E-state index is -1.17. The van der Waals surface area contributed by atoms with Crippen LogP contribution in [0.5, 0.6) is 0 Å². The van der Waals surface area contributed by atoms with Gasteiger partial charge in [0.15, 0.2) is 0 Å². The maximum Gasteiger partial charge on any atom is 0.329 e. The summed E-state index contributed by atoms with van der Waals surface area (Å²) in [6, 6.07) is 0. The van der Waals surface area contributed by atoms with Gasteiger partial charge < -0.3 is 15.3 Å². The van der Waals surface area contributed by atoms with E-state index >= 15 is 0 Å². The molecule has 8 heteroatoms. The lowest BCUT2D eigenvalue weighted by molar-refractivity contribution is 0.0101. The van der Waals surface area contributed by atoms with Crippen LogP contribution in [-0.4, -0.2) is 48.9 Å². The van der Waals surface area contributed by atoms with Gasteiger partial charge in [0.25, 0.3) is 5.56 Å². The molecule has 0 bridgehead atoms. The predicted molar refractivity (Wildman–Crippen MR) is 65.6 cm³/mol. The Morgan fingerprint density at radius 1 is 1.39 bits per heavy atom. The van der Waals surface area contributed by atoms with E-state index in [4.69, 9.17) is 5.11 Å². The molecule has 18 heavy (non-hydrogen) atoms. The molecule has 1 aliphatic heterocycles. The zero-order valence-electron chi connectivity index (χ0n) is 9.61. The second-order valence-electron chi connectivity index (χ2n) is 4.21. The Balaban J connectivity index is 2.42. The average Bonchev–Trinajstić information content (AvgIpc) is 2.61. The first-order valence-electron chi connectivity index (χ1n) is 5.40. The summed E-state index contributed by atoms with van der Waals surface area (Å²) >= 11 is 1.10. The van der Waals surface area contributed by atoms with Gasteiger partial charge in [-0.25, -0.2) is 4.79 Å². The van der Waals surface area contributed by atoms with Gasteiger partial charge in [-0.05, 0) is 6.92 Å². The normalized spacial score (nSPS) is 31.8. The van der Waals surface area contributed by atoms with Crippen LogP contribution in [0.3, 0.4) is 0 Å².